The summed E-state index contributed by atoms with van der Waals surface area (Å²) in [5.41, 5.74) is 4.70. The number of aryl methyl sites for hydroxylation is 2. The van der Waals surface area contributed by atoms with Crippen LogP contribution in [0.15, 0.2) is 64.5 Å². The molecule has 0 N–H and O–H groups in total. The molecule has 0 spiro atoms. The van der Waals surface area contributed by atoms with Gasteiger partial charge in [0.2, 0.25) is 11.5 Å². The van der Waals surface area contributed by atoms with Crippen molar-refractivity contribution in [2.24, 2.45) is 0 Å². The van der Waals surface area contributed by atoms with Crippen LogP contribution in [-0.4, -0.2) is 68.3 Å². The Hall–Kier alpha value is -3.34. The number of nitrogens with zero attached hydrogens (tertiary/aromatic N) is 3. The molecule has 46 heavy (non-hydrogen) atoms. The standard InChI is InChI=1S/C36H46N3O5S.BrH/c1-25-19-26(2)21-27(20-25)24-45-36-37-32-29(22-31(42-5)33(43-6)34(32)44-7)35(41)38(36)17-13-8-9-14-18-39(3,4)23-30(40)28-15-11-10-12-16-28;/h10-12,15-16,19-22H,8-9,13-14,17-18,23-24H2,1-7H3;1H/q+1;/p-1. The minimum absolute atomic E-state index is 0. The van der Waals surface area contributed by atoms with Gasteiger partial charge in [-0.2, -0.15) is 0 Å². The lowest BCUT2D eigenvalue weighted by Crippen LogP contribution is -3.00. The van der Waals surface area contributed by atoms with Gasteiger partial charge in [-0.25, -0.2) is 4.98 Å². The molecule has 0 saturated carbocycles. The van der Waals surface area contributed by atoms with Gasteiger partial charge in [-0.05, 0) is 44.7 Å². The van der Waals surface area contributed by atoms with Crippen molar-refractivity contribution in [1.29, 1.82) is 0 Å². The minimum Gasteiger partial charge on any atom is -1.00 e. The van der Waals surface area contributed by atoms with Crippen LogP contribution in [0.1, 0.15) is 52.7 Å². The predicted octanol–water partition coefficient (Wildman–Crippen LogP) is 3.86. The second-order valence-electron chi connectivity index (χ2n) is 12.2. The molecule has 0 saturated heterocycles. The summed E-state index contributed by atoms with van der Waals surface area (Å²) in [7, 11) is 8.85. The van der Waals surface area contributed by atoms with Crippen molar-refractivity contribution in [3.05, 3.63) is 87.2 Å². The lowest BCUT2D eigenvalue weighted by atomic mass is 10.1. The molecule has 4 rings (SSSR count). The molecule has 4 aromatic rings. The van der Waals surface area contributed by atoms with Crippen molar-refractivity contribution in [1.82, 2.24) is 9.55 Å². The van der Waals surface area contributed by atoms with Gasteiger partial charge in [-0.3, -0.25) is 14.2 Å². The highest BCUT2D eigenvalue weighted by Gasteiger charge is 2.23. The summed E-state index contributed by atoms with van der Waals surface area (Å²) in [5, 5.41) is 1.08. The number of Topliss-reactive ketones (excluding diaryl/α,β-unsaturated/α-hetero) is 1. The maximum Gasteiger partial charge on any atom is 0.262 e. The fourth-order valence-electron chi connectivity index (χ4n) is 5.76. The van der Waals surface area contributed by atoms with E-state index in [2.05, 4.69) is 46.1 Å². The molecule has 0 aliphatic rings. The van der Waals surface area contributed by atoms with E-state index >= 15 is 0 Å². The number of carbonyl (C=O) groups excluding carboxylic acids is 1. The highest BCUT2D eigenvalue weighted by Crippen LogP contribution is 2.42. The Labute approximate surface area is 287 Å². The highest BCUT2D eigenvalue weighted by molar-refractivity contribution is 7.98. The number of ketones is 1. The van der Waals surface area contributed by atoms with E-state index in [1.54, 1.807) is 43.7 Å². The van der Waals surface area contributed by atoms with Crippen molar-refractivity contribution >= 4 is 28.4 Å². The van der Waals surface area contributed by atoms with E-state index in [-0.39, 0.29) is 28.3 Å². The van der Waals surface area contributed by atoms with Crippen molar-refractivity contribution in [3.63, 3.8) is 0 Å². The Balaban J connectivity index is 0.00000576. The molecule has 0 aliphatic heterocycles. The first-order valence-electron chi connectivity index (χ1n) is 15.4. The van der Waals surface area contributed by atoms with E-state index in [1.807, 2.05) is 30.3 Å². The fourth-order valence-corrected chi connectivity index (χ4v) is 6.71. The third-order valence-electron chi connectivity index (χ3n) is 7.93. The number of methoxy groups -OCH3 is 3. The third-order valence-corrected chi connectivity index (χ3v) is 8.98. The Bertz CT molecular complexity index is 1670. The highest BCUT2D eigenvalue weighted by atomic mass is 79.9. The predicted molar refractivity (Wildman–Crippen MR) is 182 cm³/mol. The number of hydrogen-bond acceptors (Lipinski definition) is 7. The smallest absolute Gasteiger partial charge is 0.262 e. The molecule has 0 radical (unpaired) electrons. The van der Waals surface area contributed by atoms with Gasteiger partial charge in [0.15, 0.2) is 16.7 Å². The number of hydrogen-bond donors (Lipinski definition) is 0. The Morgan fingerprint density at radius 1 is 0.870 bits per heavy atom. The van der Waals surface area contributed by atoms with E-state index in [0.717, 1.165) is 37.8 Å². The van der Waals surface area contributed by atoms with Crippen molar-refractivity contribution in [3.8, 4) is 17.2 Å². The first-order valence-corrected chi connectivity index (χ1v) is 16.4. The maximum absolute atomic E-state index is 14.0. The van der Waals surface area contributed by atoms with Crippen LogP contribution in [0.5, 0.6) is 17.2 Å². The summed E-state index contributed by atoms with van der Waals surface area (Å²) in [6.07, 6.45) is 3.82. The summed E-state index contributed by atoms with van der Waals surface area (Å²) in [5.74, 6) is 2.07. The largest absolute Gasteiger partial charge is 1.00 e. The van der Waals surface area contributed by atoms with Crippen LogP contribution in [0.2, 0.25) is 0 Å². The number of carbonyl (C=O) groups is 1. The fraction of sp³-hybridized carbons (Fsp3) is 0.417. The number of quaternary nitrogens is 1. The monoisotopic (exact) mass is 711 g/mol. The van der Waals surface area contributed by atoms with Crippen molar-refractivity contribution in [2.45, 2.75) is 57.0 Å². The topological polar surface area (TPSA) is 79.7 Å². The van der Waals surface area contributed by atoms with Crippen molar-refractivity contribution < 1.29 is 40.5 Å². The molecule has 0 fully saturated rings. The van der Waals surface area contributed by atoms with Crippen LogP contribution in [0.25, 0.3) is 10.9 Å². The third kappa shape index (κ3) is 9.36. The van der Waals surface area contributed by atoms with Crippen LogP contribution < -0.4 is 36.8 Å². The van der Waals surface area contributed by atoms with Gasteiger partial charge in [0, 0.05) is 17.9 Å². The maximum atomic E-state index is 14.0. The molecule has 10 heteroatoms. The first-order chi connectivity index (χ1) is 21.6. The minimum atomic E-state index is -0.126. The van der Waals surface area contributed by atoms with E-state index in [4.69, 9.17) is 19.2 Å². The van der Waals surface area contributed by atoms with E-state index in [0.29, 0.717) is 56.6 Å². The number of ether oxygens (including phenoxy) is 3. The number of unbranched alkanes of at least 4 members (excludes halogenated alkanes) is 3. The molecule has 248 valence electrons. The van der Waals surface area contributed by atoms with Gasteiger partial charge < -0.3 is 35.7 Å². The molecule has 3 aromatic carbocycles. The number of aromatic nitrogens is 2. The van der Waals surface area contributed by atoms with Gasteiger partial charge in [0.25, 0.3) is 5.56 Å². The molecule has 0 atom stereocenters. The molecular formula is C36H46BrN3O5S. The average Bonchev–Trinajstić information content (AvgIpc) is 3.01. The van der Waals surface area contributed by atoms with Crippen molar-refractivity contribution in [2.75, 3.05) is 48.5 Å². The van der Waals surface area contributed by atoms with Gasteiger partial charge in [-0.1, -0.05) is 77.8 Å². The van der Waals surface area contributed by atoms with E-state index in [1.165, 1.54) is 16.7 Å². The quantitative estimate of drug-likeness (QED) is 0.0575. The van der Waals surface area contributed by atoms with Crippen LogP contribution in [-0.2, 0) is 12.3 Å². The Morgan fingerprint density at radius 3 is 2.15 bits per heavy atom. The number of fused-ring (bicyclic) bond motifs is 1. The number of benzene rings is 3. The number of thioether (sulfide) groups is 1. The van der Waals surface area contributed by atoms with E-state index in [9.17, 15) is 9.59 Å². The molecular weight excluding hydrogens is 666 g/mol. The van der Waals surface area contributed by atoms with E-state index < -0.39 is 0 Å². The zero-order chi connectivity index (χ0) is 32.6. The number of likely N-dealkylation sites (N-methyl/N-ethyl adjacent to an activating group) is 1. The Morgan fingerprint density at radius 2 is 1.52 bits per heavy atom. The Kier molecular flexibility index (Phi) is 13.7. The number of rotatable bonds is 16. The lowest BCUT2D eigenvalue weighted by molar-refractivity contribution is -0.882. The van der Waals surface area contributed by atoms with Crippen LogP contribution in [0, 0.1) is 13.8 Å². The zero-order valence-corrected chi connectivity index (χ0v) is 30.4. The molecule has 0 bridgehead atoms. The van der Waals surface area contributed by atoms with Crippen LogP contribution in [0.4, 0.5) is 0 Å². The molecule has 8 nitrogen and oxygen atoms in total. The molecule has 1 aromatic heterocycles. The summed E-state index contributed by atoms with van der Waals surface area (Å²) in [6.45, 7) is 6.13. The van der Waals surface area contributed by atoms with Gasteiger partial charge in [0.1, 0.15) is 12.1 Å². The van der Waals surface area contributed by atoms with Gasteiger partial charge in [-0.15, -0.1) is 0 Å². The SMILES string of the molecule is COc1cc2c(=O)n(CCCCCC[N+](C)(C)CC(=O)c3ccccc3)c(SCc3cc(C)cc(C)c3)nc2c(OC)c1OC.[Br-]. The second kappa shape index (κ2) is 17.0. The average molecular weight is 713 g/mol. The summed E-state index contributed by atoms with van der Waals surface area (Å²) < 4.78 is 19.2. The normalized spacial score (nSPS) is 11.3. The van der Waals surface area contributed by atoms with Crippen LogP contribution >= 0.6 is 11.8 Å². The molecule has 0 aliphatic carbocycles. The summed E-state index contributed by atoms with van der Waals surface area (Å²) in [6, 6.07) is 17.7. The molecule has 0 amide bonds. The lowest BCUT2D eigenvalue weighted by Gasteiger charge is -2.29. The summed E-state index contributed by atoms with van der Waals surface area (Å²) >= 11 is 1.55. The van der Waals surface area contributed by atoms with Gasteiger partial charge in [0.05, 0.1) is 47.4 Å². The number of halogens is 1. The first kappa shape index (κ1) is 37.1. The molecule has 1 heterocycles. The summed E-state index contributed by atoms with van der Waals surface area (Å²) in [4.78, 5) is 31.7. The zero-order valence-electron chi connectivity index (χ0n) is 28.0. The second-order valence-corrected chi connectivity index (χ2v) is 13.1. The molecule has 0 unspecified atom stereocenters. The van der Waals surface area contributed by atoms with Gasteiger partial charge >= 0.3 is 0 Å². The van der Waals surface area contributed by atoms with Crippen LogP contribution in [0.3, 0.4) is 0 Å².